The number of hydrogen-bond donors (Lipinski definition) is 0. The van der Waals surface area contributed by atoms with Crippen LogP contribution in [0.1, 0.15) is 27.7 Å². The number of anilines is 1. The van der Waals surface area contributed by atoms with E-state index >= 15 is 0 Å². The molecule has 1 amide bonds. The maximum atomic E-state index is 12.3. The molecule has 0 saturated heterocycles. The fraction of sp³-hybridized carbons (Fsp3) is 0.471. The molecule has 7 heteroatoms. The topological polar surface area (TPSA) is 82.1 Å². The summed E-state index contributed by atoms with van der Waals surface area (Å²) in [5.41, 5.74) is -0.431. The number of nitrogens with zero attached hydrogens (tertiary/aromatic N) is 1. The molecular weight excluding hydrogens is 314 g/mol. The van der Waals surface area contributed by atoms with Crippen LogP contribution in [0.3, 0.4) is 0 Å². The van der Waals surface area contributed by atoms with Gasteiger partial charge in [-0.1, -0.05) is 0 Å². The third kappa shape index (κ3) is 3.84. The molecule has 1 aromatic carbocycles. The molecule has 7 nitrogen and oxygen atoms in total. The minimum absolute atomic E-state index is 0.112. The molecule has 0 spiro atoms. The fourth-order valence-electron chi connectivity index (χ4n) is 2.37. The van der Waals surface area contributed by atoms with Crippen molar-refractivity contribution in [3.05, 3.63) is 18.2 Å². The van der Waals surface area contributed by atoms with Gasteiger partial charge in [0, 0.05) is 19.5 Å². The van der Waals surface area contributed by atoms with Crippen molar-refractivity contribution in [1.82, 2.24) is 0 Å². The summed E-state index contributed by atoms with van der Waals surface area (Å²) >= 11 is 0. The summed E-state index contributed by atoms with van der Waals surface area (Å²) < 4.78 is 15.5. The molecule has 1 aromatic rings. The smallest absolute Gasteiger partial charge is 0.313 e. The molecule has 0 radical (unpaired) electrons. The number of benzene rings is 1. The number of carbonyl (C=O) groups is 3. The van der Waals surface area contributed by atoms with Crippen molar-refractivity contribution in [3.8, 4) is 11.5 Å². The highest BCUT2D eigenvalue weighted by molar-refractivity contribution is 5.99. The van der Waals surface area contributed by atoms with Crippen LogP contribution in [0.2, 0.25) is 0 Å². The minimum atomic E-state index is -0.891. The summed E-state index contributed by atoms with van der Waals surface area (Å²) in [7, 11) is 0. The second-order valence-corrected chi connectivity index (χ2v) is 6.10. The van der Waals surface area contributed by atoms with Gasteiger partial charge in [0.25, 0.3) is 5.91 Å². The average Bonchev–Trinajstić information content (AvgIpc) is 2.50. The summed E-state index contributed by atoms with van der Waals surface area (Å²) in [6.45, 7) is 6.74. The molecule has 0 saturated carbocycles. The molecule has 1 heterocycles. The van der Waals surface area contributed by atoms with Crippen LogP contribution in [-0.4, -0.2) is 37.6 Å². The second kappa shape index (κ2) is 6.90. The van der Waals surface area contributed by atoms with E-state index in [1.807, 2.05) is 0 Å². The van der Waals surface area contributed by atoms with E-state index in [1.165, 1.54) is 11.8 Å². The van der Waals surface area contributed by atoms with Crippen molar-refractivity contribution < 1.29 is 28.6 Å². The SMILES string of the molecule is CCOC(=O)C(C)(C)CN1C(=O)COc2ccc(OC(C)=O)cc21. The van der Waals surface area contributed by atoms with Gasteiger partial charge in [-0.2, -0.15) is 0 Å². The molecule has 1 aliphatic rings. The van der Waals surface area contributed by atoms with Crippen LogP contribution in [0.5, 0.6) is 11.5 Å². The van der Waals surface area contributed by atoms with Crippen LogP contribution in [-0.2, 0) is 19.1 Å². The number of fused-ring (bicyclic) bond motifs is 1. The van der Waals surface area contributed by atoms with Gasteiger partial charge < -0.3 is 19.1 Å². The Morgan fingerprint density at radius 1 is 1.33 bits per heavy atom. The van der Waals surface area contributed by atoms with E-state index in [-0.39, 0.29) is 31.6 Å². The Morgan fingerprint density at radius 2 is 2.04 bits per heavy atom. The highest BCUT2D eigenvalue weighted by Crippen LogP contribution is 2.37. The lowest BCUT2D eigenvalue weighted by atomic mass is 9.92. The van der Waals surface area contributed by atoms with Crippen LogP contribution in [0, 0.1) is 5.41 Å². The van der Waals surface area contributed by atoms with Crippen molar-refractivity contribution in [2.24, 2.45) is 5.41 Å². The van der Waals surface area contributed by atoms with E-state index in [1.54, 1.807) is 39.0 Å². The summed E-state index contributed by atoms with van der Waals surface area (Å²) in [4.78, 5) is 37.0. The highest BCUT2D eigenvalue weighted by atomic mass is 16.5. The van der Waals surface area contributed by atoms with E-state index in [4.69, 9.17) is 14.2 Å². The monoisotopic (exact) mass is 335 g/mol. The Hall–Kier alpha value is -2.57. The number of amides is 1. The molecule has 0 N–H and O–H groups in total. The van der Waals surface area contributed by atoms with E-state index in [2.05, 4.69) is 0 Å². The minimum Gasteiger partial charge on any atom is -0.482 e. The third-order valence-electron chi connectivity index (χ3n) is 3.52. The number of rotatable bonds is 5. The number of ether oxygens (including phenoxy) is 3. The zero-order valence-corrected chi connectivity index (χ0v) is 14.3. The Morgan fingerprint density at radius 3 is 2.67 bits per heavy atom. The third-order valence-corrected chi connectivity index (χ3v) is 3.52. The second-order valence-electron chi connectivity index (χ2n) is 6.10. The quantitative estimate of drug-likeness (QED) is 0.604. The first-order valence-corrected chi connectivity index (χ1v) is 7.67. The van der Waals surface area contributed by atoms with Crippen LogP contribution >= 0.6 is 0 Å². The lowest BCUT2D eigenvalue weighted by Gasteiger charge is -2.34. The average molecular weight is 335 g/mol. The number of esters is 2. The summed E-state index contributed by atoms with van der Waals surface area (Å²) in [5, 5.41) is 0. The zero-order valence-electron chi connectivity index (χ0n) is 14.3. The molecule has 0 unspecified atom stereocenters. The van der Waals surface area contributed by atoms with Crippen LogP contribution in [0.25, 0.3) is 0 Å². The maximum Gasteiger partial charge on any atom is 0.313 e. The molecular formula is C17H21NO6. The Balaban J connectivity index is 2.32. The zero-order chi connectivity index (χ0) is 17.9. The van der Waals surface area contributed by atoms with Gasteiger partial charge in [-0.05, 0) is 32.9 Å². The van der Waals surface area contributed by atoms with Gasteiger partial charge in [0.15, 0.2) is 6.61 Å². The van der Waals surface area contributed by atoms with E-state index in [0.717, 1.165) is 0 Å². The van der Waals surface area contributed by atoms with E-state index in [0.29, 0.717) is 17.2 Å². The van der Waals surface area contributed by atoms with Crippen LogP contribution < -0.4 is 14.4 Å². The van der Waals surface area contributed by atoms with Crippen molar-refractivity contribution in [2.75, 3.05) is 24.7 Å². The first-order valence-electron chi connectivity index (χ1n) is 7.67. The molecule has 24 heavy (non-hydrogen) atoms. The van der Waals surface area contributed by atoms with Gasteiger partial charge in [-0.15, -0.1) is 0 Å². The van der Waals surface area contributed by atoms with Crippen molar-refractivity contribution in [3.63, 3.8) is 0 Å². The van der Waals surface area contributed by atoms with Crippen LogP contribution in [0.4, 0.5) is 5.69 Å². The van der Waals surface area contributed by atoms with Gasteiger partial charge in [-0.25, -0.2) is 0 Å². The molecule has 2 rings (SSSR count). The largest absolute Gasteiger partial charge is 0.482 e. The Labute approximate surface area is 140 Å². The Kier molecular flexibility index (Phi) is 5.11. The Bertz CT molecular complexity index is 667. The van der Waals surface area contributed by atoms with Gasteiger partial charge in [-0.3, -0.25) is 14.4 Å². The lowest BCUT2D eigenvalue weighted by Crippen LogP contribution is -2.47. The van der Waals surface area contributed by atoms with Gasteiger partial charge in [0.1, 0.15) is 11.5 Å². The summed E-state index contributed by atoms with van der Waals surface area (Å²) in [6.07, 6.45) is 0. The molecule has 1 aliphatic heterocycles. The number of hydrogen-bond acceptors (Lipinski definition) is 6. The van der Waals surface area contributed by atoms with Crippen molar-refractivity contribution in [1.29, 1.82) is 0 Å². The van der Waals surface area contributed by atoms with Gasteiger partial charge >= 0.3 is 11.9 Å². The summed E-state index contributed by atoms with van der Waals surface area (Å²) in [5.74, 6) is -0.332. The lowest BCUT2D eigenvalue weighted by molar-refractivity contribution is -0.153. The van der Waals surface area contributed by atoms with Gasteiger partial charge in [0.05, 0.1) is 17.7 Å². The normalized spacial score (nSPS) is 13.8. The van der Waals surface area contributed by atoms with E-state index in [9.17, 15) is 14.4 Å². The standard InChI is InChI=1S/C17H21NO6/c1-5-22-16(21)17(3,4)10-18-13-8-12(24-11(2)19)6-7-14(13)23-9-15(18)20/h6-8H,5,9-10H2,1-4H3. The molecule has 0 bridgehead atoms. The molecule has 130 valence electrons. The number of carbonyl (C=O) groups excluding carboxylic acids is 3. The molecule has 0 fully saturated rings. The highest BCUT2D eigenvalue weighted by Gasteiger charge is 2.36. The first kappa shape index (κ1) is 17.8. The van der Waals surface area contributed by atoms with Crippen molar-refractivity contribution >= 4 is 23.5 Å². The molecule has 0 atom stereocenters. The predicted octanol–water partition coefficient (Wildman–Crippen LogP) is 1.93. The molecule has 0 aromatic heterocycles. The fourth-order valence-corrected chi connectivity index (χ4v) is 2.37. The van der Waals surface area contributed by atoms with Crippen molar-refractivity contribution in [2.45, 2.75) is 27.7 Å². The summed E-state index contributed by atoms with van der Waals surface area (Å²) in [6, 6.07) is 4.77. The van der Waals surface area contributed by atoms with Crippen LogP contribution in [0.15, 0.2) is 18.2 Å². The first-order chi connectivity index (χ1) is 11.2. The predicted molar refractivity (Wildman–Crippen MR) is 86.0 cm³/mol. The molecule has 0 aliphatic carbocycles. The van der Waals surface area contributed by atoms with Gasteiger partial charge in [0.2, 0.25) is 0 Å². The van der Waals surface area contributed by atoms with E-state index < -0.39 is 11.4 Å². The maximum absolute atomic E-state index is 12.3.